The summed E-state index contributed by atoms with van der Waals surface area (Å²) in [7, 11) is 3.51. The van der Waals surface area contributed by atoms with E-state index >= 15 is 0 Å². The normalized spacial score (nSPS) is 10.7. The Morgan fingerprint density at radius 3 is 2.64 bits per heavy atom. The lowest BCUT2D eigenvalue weighted by atomic mass is 10.3. The number of fused-ring (bicyclic) bond motifs is 1. The molecule has 2 aromatic rings. The largest absolute Gasteiger partial charge is 0.472 e. The predicted octanol–water partition coefficient (Wildman–Crippen LogP) is 0.701. The summed E-state index contributed by atoms with van der Waals surface area (Å²) >= 11 is 0. The average Bonchev–Trinajstić information content (AvgIpc) is 2.41. The molecule has 72 valence electrons. The molecule has 1 aromatic heterocycles. The monoisotopic (exact) mass is 191 g/mol. The van der Waals surface area contributed by atoms with Crippen molar-refractivity contribution in [2.45, 2.75) is 0 Å². The highest BCUT2D eigenvalue weighted by atomic mass is 16.4. The first kappa shape index (κ1) is 8.74. The van der Waals surface area contributed by atoms with E-state index in [1.54, 1.807) is 23.2 Å². The summed E-state index contributed by atoms with van der Waals surface area (Å²) < 4.78 is 3.36. The molecule has 0 fully saturated rings. The molecular weight excluding hydrogens is 180 g/mol. The van der Waals surface area contributed by atoms with Gasteiger partial charge in [-0.25, -0.2) is 13.9 Å². The lowest BCUT2D eigenvalue weighted by Gasteiger charge is -1.89. The van der Waals surface area contributed by atoms with Gasteiger partial charge in [-0.3, -0.25) is 0 Å². The van der Waals surface area contributed by atoms with Crippen molar-refractivity contribution in [2.75, 3.05) is 0 Å². The second-order valence-electron chi connectivity index (χ2n) is 3.24. The molecule has 0 aliphatic heterocycles. The van der Waals surface area contributed by atoms with Gasteiger partial charge < -0.3 is 5.11 Å². The third-order valence-corrected chi connectivity index (χ3v) is 2.43. The van der Waals surface area contributed by atoms with E-state index in [-0.39, 0.29) is 5.82 Å². The summed E-state index contributed by atoms with van der Waals surface area (Å²) in [4.78, 5) is 11.0. The lowest BCUT2D eigenvalue weighted by Crippen LogP contribution is -2.35. The van der Waals surface area contributed by atoms with Gasteiger partial charge in [0.15, 0.2) is 11.0 Å². The van der Waals surface area contributed by atoms with Crippen molar-refractivity contribution in [3.05, 3.63) is 30.1 Å². The van der Waals surface area contributed by atoms with Crippen LogP contribution in [0.4, 0.5) is 0 Å². The molecule has 1 aromatic carbocycles. The van der Waals surface area contributed by atoms with E-state index in [0.717, 1.165) is 11.0 Å². The number of hydrogen-bond acceptors (Lipinski definition) is 1. The Morgan fingerprint density at radius 2 is 2.07 bits per heavy atom. The molecule has 0 atom stereocenters. The molecule has 0 aliphatic rings. The minimum atomic E-state index is -0.911. The molecule has 0 radical (unpaired) electrons. The molecule has 0 aliphatic carbocycles. The number of rotatable bonds is 1. The van der Waals surface area contributed by atoms with Crippen molar-refractivity contribution in [1.82, 2.24) is 4.57 Å². The van der Waals surface area contributed by atoms with Crippen molar-refractivity contribution in [3.63, 3.8) is 0 Å². The summed E-state index contributed by atoms with van der Waals surface area (Å²) in [5, 5.41) is 9.01. The van der Waals surface area contributed by atoms with Gasteiger partial charge in [-0.2, -0.15) is 0 Å². The van der Waals surface area contributed by atoms with E-state index in [4.69, 9.17) is 5.11 Å². The Kier molecular flexibility index (Phi) is 1.77. The summed E-state index contributed by atoms with van der Waals surface area (Å²) in [6, 6.07) is 7.60. The average molecular weight is 191 g/mol. The number of aromatic carboxylic acids is 1. The Bertz CT molecular complexity index is 475. The minimum Gasteiger partial charge on any atom is -0.472 e. The van der Waals surface area contributed by atoms with E-state index in [1.165, 1.54) is 0 Å². The second-order valence-corrected chi connectivity index (χ2v) is 3.24. The maximum Gasteiger partial charge on any atom is 0.419 e. The molecule has 4 heteroatoms. The topological polar surface area (TPSA) is 46.1 Å². The summed E-state index contributed by atoms with van der Waals surface area (Å²) in [6.45, 7) is 0. The van der Waals surface area contributed by atoms with Crippen molar-refractivity contribution >= 4 is 17.0 Å². The molecular formula is C10H11N2O2+. The Morgan fingerprint density at radius 1 is 1.43 bits per heavy atom. The molecule has 0 saturated carbocycles. The highest BCUT2D eigenvalue weighted by Gasteiger charge is 2.25. The Balaban J connectivity index is 2.92. The fraction of sp³-hybridized carbons (Fsp3) is 0.200. The smallest absolute Gasteiger partial charge is 0.419 e. The zero-order valence-electron chi connectivity index (χ0n) is 8.06. The van der Waals surface area contributed by atoms with Crippen LogP contribution < -0.4 is 4.57 Å². The van der Waals surface area contributed by atoms with Crippen LogP contribution in [0.3, 0.4) is 0 Å². The van der Waals surface area contributed by atoms with Crippen LogP contribution in [0, 0.1) is 0 Å². The van der Waals surface area contributed by atoms with Crippen LogP contribution in [0.15, 0.2) is 24.3 Å². The Hall–Kier alpha value is -1.84. The fourth-order valence-electron chi connectivity index (χ4n) is 1.77. The lowest BCUT2D eigenvalue weighted by molar-refractivity contribution is -0.648. The number of aromatic nitrogens is 2. The van der Waals surface area contributed by atoms with E-state index in [1.807, 2.05) is 24.3 Å². The second kappa shape index (κ2) is 2.83. The van der Waals surface area contributed by atoms with Crippen LogP contribution in [-0.4, -0.2) is 15.6 Å². The van der Waals surface area contributed by atoms with Gasteiger partial charge in [0.2, 0.25) is 0 Å². The van der Waals surface area contributed by atoms with Crippen molar-refractivity contribution in [3.8, 4) is 0 Å². The van der Waals surface area contributed by atoms with Crippen LogP contribution in [0.25, 0.3) is 11.0 Å². The van der Waals surface area contributed by atoms with Crippen LogP contribution in [0.5, 0.6) is 0 Å². The summed E-state index contributed by atoms with van der Waals surface area (Å²) in [6.07, 6.45) is 0. The molecule has 2 rings (SSSR count). The van der Waals surface area contributed by atoms with Gasteiger partial charge in [0, 0.05) is 0 Å². The first-order chi connectivity index (χ1) is 6.63. The molecule has 0 bridgehead atoms. The van der Waals surface area contributed by atoms with E-state index in [2.05, 4.69) is 0 Å². The standard InChI is InChI=1S/C10H10N2O2/c1-11-7-5-3-4-6-8(7)12(2)9(11)10(13)14/h3-6H,1-2H3/p+1. The van der Waals surface area contributed by atoms with Gasteiger partial charge in [0.1, 0.15) is 0 Å². The summed E-state index contributed by atoms with van der Waals surface area (Å²) in [5.74, 6) is -0.627. The highest BCUT2D eigenvalue weighted by molar-refractivity contribution is 5.86. The zero-order chi connectivity index (χ0) is 10.3. The number of carboxylic acids is 1. The molecule has 1 N–H and O–H groups in total. The van der Waals surface area contributed by atoms with Gasteiger partial charge >= 0.3 is 11.8 Å². The van der Waals surface area contributed by atoms with Gasteiger partial charge in [0.05, 0.1) is 14.1 Å². The Labute approximate surface area is 81.0 Å². The molecule has 0 saturated heterocycles. The van der Waals surface area contributed by atoms with Gasteiger partial charge in [-0.1, -0.05) is 12.1 Å². The number of aryl methyl sites for hydroxylation is 2. The summed E-state index contributed by atoms with van der Waals surface area (Å²) in [5.41, 5.74) is 1.85. The highest BCUT2D eigenvalue weighted by Crippen LogP contribution is 2.11. The number of imidazole rings is 1. The number of benzene rings is 1. The van der Waals surface area contributed by atoms with E-state index in [0.29, 0.717) is 0 Å². The third kappa shape index (κ3) is 1.00. The van der Waals surface area contributed by atoms with Gasteiger partial charge in [0.25, 0.3) is 0 Å². The van der Waals surface area contributed by atoms with Gasteiger partial charge in [-0.15, -0.1) is 0 Å². The molecule has 4 nitrogen and oxygen atoms in total. The van der Waals surface area contributed by atoms with Crippen molar-refractivity contribution < 1.29 is 14.5 Å². The number of carbonyl (C=O) groups is 1. The molecule has 14 heavy (non-hydrogen) atoms. The molecule has 0 amide bonds. The third-order valence-electron chi connectivity index (χ3n) is 2.43. The predicted molar refractivity (Wildman–Crippen MR) is 51.1 cm³/mol. The first-order valence-electron chi connectivity index (χ1n) is 4.29. The van der Waals surface area contributed by atoms with E-state index in [9.17, 15) is 4.79 Å². The zero-order valence-corrected chi connectivity index (χ0v) is 8.06. The number of para-hydroxylation sites is 2. The number of hydrogen-bond donors (Lipinski definition) is 1. The van der Waals surface area contributed by atoms with Crippen LogP contribution in [-0.2, 0) is 14.1 Å². The first-order valence-corrected chi connectivity index (χ1v) is 4.29. The van der Waals surface area contributed by atoms with E-state index < -0.39 is 5.97 Å². The van der Waals surface area contributed by atoms with Gasteiger partial charge in [-0.05, 0) is 12.1 Å². The van der Waals surface area contributed by atoms with Crippen LogP contribution in [0.1, 0.15) is 10.6 Å². The SMILES string of the molecule is Cn1c(C(=O)O)[n+](C)c2ccccc21. The molecule has 0 spiro atoms. The molecule has 1 heterocycles. The van der Waals surface area contributed by atoms with Crippen molar-refractivity contribution in [2.24, 2.45) is 14.1 Å². The van der Waals surface area contributed by atoms with Crippen LogP contribution >= 0.6 is 0 Å². The maximum absolute atomic E-state index is 11.0. The maximum atomic E-state index is 11.0. The number of carboxylic acid groups (broad SMARTS) is 1. The van der Waals surface area contributed by atoms with Crippen LogP contribution in [0.2, 0.25) is 0 Å². The quantitative estimate of drug-likeness (QED) is 0.674. The molecule has 0 unspecified atom stereocenters. The minimum absolute atomic E-state index is 0.284. The van der Waals surface area contributed by atoms with Crippen molar-refractivity contribution in [1.29, 1.82) is 0 Å². The fourth-order valence-corrected chi connectivity index (χ4v) is 1.77. The number of nitrogens with zero attached hydrogens (tertiary/aromatic N) is 2.